The SMILES string of the molecule is Cc1ccccc1SCC(O)c1ccc(F)cc1F. The van der Waals surface area contributed by atoms with Crippen LogP contribution >= 0.6 is 11.8 Å². The highest BCUT2D eigenvalue weighted by Gasteiger charge is 2.14. The Balaban J connectivity index is 2.05. The summed E-state index contributed by atoms with van der Waals surface area (Å²) in [4.78, 5) is 1.05. The number of benzene rings is 2. The van der Waals surface area contributed by atoms with Gasteiger partial charge in [0.1, 0.15) is 11.6 Å². The molecule has 0 spiro atoms. The van der Waals surface area contributed by atoms with Crippen molar-refractivity contribution in [1.82, 2.24) is 0 Å². The zero-order chi connectivity index (χ0) is 13.8. The molecule has 0 aliphatic carbocycles. The van der Waals surface area contributed by atoms with Gasteiger partial charge in [-0.15, -0.1) is 11.8 Å². The van der Waals surface area contributed by atoms with Crippen LogP contribution in [0.25, 0.3) is 0 Å². The van der Waals surface area contributed by atoms with Gasteiger partial charge in [0.25, 0.3) is 0 Å². The van der Waals surface area contributed by atoms with Crippen molar-refractivity contribution in [2.24, 2.45) is 0 Å². The van der Waals surface area contributed by atoms with Crippen LogP contribution in [0.3, 0.4) is 0 Å². The topological polar surface area (TPSA) is 20.2 Å². The highest BCUT2D eigenvalue weighted by molar-refractivity contribution is 7.99. The second-order valence-electron chi connectivity index (χ2n) is 4.26. The molecule has 1 unspecified atom stereocenters. The van der Waals surface area contributed by atoms with Gasteiger partial charge in [0.15, 0.2) is 0 Å². The Bertz CT molecular complexity index is 572. The van der Waals surface area contributed by atoms with Gasteiger partial charge >= 0.3 is 0 Å². The summed E-state index contributed by atoms with van der Waals surface area (Å²) in [6, 6.07) is 11.0. The molecule has 1 N–H and O–H groups in total. The summed E-state index contributed by atoms with van der Waals surface area (Å²) in [5, 5.41) is 9.96. The number of hydrogen-bond donors (Lipinski definition) is 1. The third-order valence-corrected chi connectivity index (χ3v) is 4.06. The molecule has 1 atom stereocenters. The Hall–Kier alpha value is -1.39. The van der Waals surface area contributed by atoms with Gasteiger partial charge < -0.3 is 5.11 Å². The van der Waals surface area contributed by atoms with Gasteiger partial charge in [0.05, 0.1) is 6.10 Å². The Morgan fingerprint density at radius 1 is 1.16 bits per heavy atom. The quantitative estimate of drug-likeness (QED) is 0.851. The molecule has 0 saturated heterocycles. The van der Waals surface area contributed by atoms with Crippen molar-refractivity contribution in [2.45, 2.75) is 17.9 Å². The van der Waals surface area contributed by atoms with Crippen molar-refractivity contribution >= 4 is 11.8 Å². The Morgan fingerprint density at radius 2 is 1.89 bits per heavy atom. The monoisotopic (exact) mass is 280 g/mol. The molecule has 0 heterocycles. The molecule has 19 heavy (non-hydrogen) atoms. The van der Waals surface area contributed by atoms with Crippen LogP contribution in [-0.4, -0.2) is 10.9 Å². The molecule has 1 nitrogen and oxygen atoms in total. The van der Waals surface area contributed by atoms with Crippen LogP contribution in [0, 0.1) is 18.6 Å². The van der Waals surface area contributed by atoms with E-state index in [0.717, 1.165) is 22.6 Å². The Kier molecular flexibility index (Phi) is 4.56. The summed E-state index contributed by atoms with van der Waals surface area (Å²) in [7, 11) is 0. The van der Waals surface area contributed by atoms with Gasteiger partial charge in [0, 0.05) is 22.3 Å². The van der Waals surface area contributed by atoms with E-state index in [1.165, 1.54) is 17.8 Å². The fourth-order valence-electron chi connectivity index (χ4n) is 1.75. The van der Waals surface area contributed by atoms with E-state index in [0.29, 0.717) is 5.75 Å². The van der Waals surface area contributed by atoms with Crippen molar-refractivity contribution in [3.8, 4) is 0 Å². The number of halogens is 2. The van der Waals surface area contributed by atoms with E-state index in [-0.39, 0.29) is 5.56 Å². The van der Waals surface area contributed by atoms with Crippen LogP contribution in [0.4, 0.5) is 8.78 Å². The minimum Gasteiger partial charge on any atom is -0.387 e. The van der Waals surface area contributed by atoms with Crippen LogP contribution in [0.1, 0.15) is 17.2 Å². The van der Waals surface area contributed by atoms with E-state index in [4.69, 9.17) is 0 Å². The van der Waals surface area contributed by atoms with Crippen LogP contribution in [-0.2, 0) is 0 Å². The lowest BCUT2D eigenvalue weighted by atomic mass is 10.1. The molecule has 0 aliphatic rings. The molecule has 0 aliphatic heterocycles. The van der Waals surface area contributed by atoms with E-state index in [9.17, 15) is 13.9 Å². The van der Waals surface area contributed by atoms with Crippen LogP contribution in [0.5, 0.6) is 0 Å². The number of aliphatic hydroxyl groups excluding tert-OH is 1. The van der Waals surface area contributed by atoms with Gasteiger partial charge in [-0.05, 0) is 24.6 Å². The largest absolute Gasteiger partial charge is 0.387 e. The van der Waals surface area contributed by atoms with Crippen molar-refractivity contribution < 1.29 is 13.9 Å². The molecule has 2 rings (SSSR count). The number of aryl methyl sites for hydroxylation is 1. The summed E-state index contributed by atoms with van der Waals surface area (Å²) in [6.07, 6.45) is -0.954. The molecule has 0 amide bonds. The average molecular weight is 280 g/mol. The number of rotatable bonds is 4. The summed E-state index contributed by atoms with van der Waals surface area (Å²) >= 11 is 1.45. The lowest BCUT2D eigenvalue weighted by Crippen LogP contribution is -2.04. The highest BCUT2D eigenvalue weighted by Crippen LogP contribution is 2.28. The zero-order valence-electron chi connectivity index (χ0n) is 10.4. The van der Waals surface area contributed by atoms with Crippen molar-refractivity contribution in [3.05, 3.63) is 65.2 Å². The minimum atomic E-state index is -0.954. The predicted molar refractivity (Wildman–Crippen MR) is 73.2 cm³/mol. The molecule has 2 aromatic rings. The highest BCUT2D eigenvalue weighted by atomic mass is 32.2. The Morgan fingerprint density at radius 3 is 2.58 bits per heavy atom. The fraction of sp³-hybridized carbons (Fsp3) is 0.200. The lowest BCUT2D eigenvalue weighted by Gasteiger charge is -2.12. The molecule has 0 aromatic heterocycles. The van der Waals surface area contributed by atoms with Crippen molar-refractivity contribution in [3.63, 3.8) is 0 Å². The third-order valence-electron chi connectivity index (χ3n) is 2.81. The first-order chi connectivity index (χ1) is 9.08. The summed E-state index contributed by atoms with van der Waals surface area (Å²) in [6.45, 7) is 1.98. The normalized spacial score (nSPS) is 12.4. The molecule has 0 saturated carbocycles. The second-order valence-corrected chi connectivity index (χ2v) is 5.32. The molecule has 100 valence electrons. The number of hydrogen-bond acceptors (Lipinski definition) is 2. The van der Waals surface area contributed by atoms with Crippen LogP contribution in [0.2, 0.25) is 0 Å². The first kappa shape index (κ1) is 14.0. The van der Waals surface area contributed by atoms with Gasteiger partial charge in [0.2, 0.25) is 0 Å². The van der Waals surface area contributed by atoms with Gasteiger partial charge in [-0.1, -0.05) is 24.3 Å². The van der Waals surface area contributed by atoms with Gasteiger partial charge in [-0.3, -0.25) is 0 Å². The fourth-order valence-corrected chi connectivity index (χ4v) is 2.74. The molecular weight excluding hydrogens is 266 g/mol. The molecule has 0 radical (unpaired) electrons. The smallest absolute Gasteiger partial charge is 0.131 e. The number of aliphatic hydroxyl groups is 1. The maximum Gasteiger partial charge on any atom is 0.131 e. The van der Waals surface area contributed by atoms with Crippen molar-refractivity contribution in [2.75, 3.05) is 5.75 Å². The van der Waals surface area contributed by atoms with Gasteiger partial charge in [-0.25, -0.2) is 8.78 Å². The first-order valence-electron chi connectivity index (χ1n) is 5.89. The number of thioether (sulfide) groups is 1. The lowest BCUT2D eigenvalue weighted by molar-refractivity contribution is 0.198. The second kappa shape index (κ2) is 6.17. The standard InChI is InChI=1S/C15H14F2OS/c1-10-4-2-3-5-15(10)19-9-14(18)12-7-6-11(16)8-13(12)17/h2-8,14,18H,9H2,1H3. The maximum atomic E-state index is 13.5. The van der Waals surface area contributed by atoms with E-state index in [2.05, 4.69) is 0 Å². The summed E-state index contributed by atoms with van der Waals surface area (Å²) in [5.41, 5.74) is 1.24. The molecule has 4 heteroatoms. The summed E-state index contributed by atoms with van der Waals surface area (Å²) in [5.74, 6) is -1.02. The molecule has 0 bridgehead atoms. The predicted octanol–water partition coefficient (Wildman–Crippen LogP) is 4.10. The van der Waals surface area contributed by atoms with Gasteiger partial charge in [-0.2, -0.15) is 0 Å². The van der Waals surface area contributed by atoms with E-state index in [1.807, 2.05) is 31.2 Å². The summed E-state index contributed by atoms with van der Waals surface area (Å²) < 4.78 is 26.3. The minimum absolute atomic E-state index is 0.127. The average Bonchev–Trinajstić information content (AvgIpc) is 2.37. The third kappa shape index (κ3) is 3.55. The van der Waals surface area contributed by atoms with Crippen molar-refractivity contribution in [1.29, 1.82) is 0 Å². The van der Waals surface area contributed by atoms with E-state index < -0.39 is 17.7 Å². The van der Waals surface area contributed by atoms with E-state index in [1.54, 1.807) is 0 Å². The maximum absolute atomic E-state index is 13.5. The molecule has 0 fully saturated rings. The first-order valence-corrected chi connectivity index (χ1v) is 6.88. The molecule has 2 aromatic carbocycles. The molecular formula is C15H14F2OS. The van der Waals surface area contributed by atoms with Crippen LogP contribution in [0.15, 0.2) is 47.4 Å². The Labute approximate surface area is 115 Å². The zero-order valence-corrected chi connectivity index (χ0v) is 11.3. The van der Waals surface area contributed by atoms with Crippen LogP contribution < -0.4 is 0 Å². The van der Waals surface area contributed by atoms with E-state index >= 15 is 0 Å².